The smallest absolute Gasteiger partial charge is 0.465 e. The summed E-state index contributed by atoms with van der Waals surface area (Å²) >= 11 is 3.86. The van der Waals surface area contributed by atoms with Crippen molar-refractivity contribution >= 4 is 18.6 Å². The SMILES string of the molecule is COC(=O)c1ccc(OC(F)(F)F)cc1S. The average molecular weight is 252 g/mol. The molecule has 0 N–H and O–H groups in total. The van der Waals surface area contributed by atoms with E-state index in [1.807, 2.05) is 0 Å². The summed E-state index contributed by atoms with van der Waals surface area (Å²) in [6.45, 7) is 0. The molecule has 0 aliphatic heterocycles. The first-order chi connectivity index (χ1) is 7.33. The van der Waals surface area contributed by atoms with Gasteiger partial charge in [0.1, 0.15) is 5.75 Å². The van der Waals surface area contributed by atoms with Gasteiger partial charge >= 0.3 is 12.3 Å². The molecule has 3 nitrogen and oxygen atoms in total. The van der Waals surface area contributed by atoms with Crippen LogP contribution in [0.4, 0.5) is 13.2 Å². The van der Waals surface area contributed by atoms with Crippen LogP contribution in [-0.4, -0.2) is 19.4 Å². The number of carbonyl (C=O) groups excluding carboxylic acids is 1. The number of halogens is 3. The number of thiol groups is 1. The molecule has 0 bridgehead atoms. The van der Waals surface area contributed by atoms with Crippen LogP contribution >= 0.6 is 12.6 Å². The fourth-order valence-electron chi connectivity index (χ4n) is 0.991. The fraction of sp³-hybridized carbons (Fsp3) is 0.222. The first-order valence-electron chi connectivity index (χ1n) is 4.00. The topological polar surface area (TPSA) is 35.5 Å². The predicted octanol–water partition coefficient (Wildman–Crippen LogP) is 2.66. The van der Waals surface area contributed by atoms with Gasteiger partial charge in [-0.1, -0.05) is 0 Å². The Balaban J connectivity index is 2.96. The highest BCUT2D eigenvalue weighted by molar-refractivity contribution is 7.80. The summed E-state index contributed by atoms with van der Waals surface area (Å²) in [7, 11) is 1.16. The number of hydrogen-bond acceptors (Lipinski definition) is 4. The summed E-state index contributed by atoms with van der Waals surface area (Å²) < 4.78 is 43.6. The highest BCUT2D eigenvalue weighted by Gasteiger charge is 2.31. The average Bonchev–Trinajstić information content (AvgIpc) is 2.14. The molecule has 0 atom stereocenters. The van der Waals surface area contributed by atoms with Gasteiger partial charge in [0.05, 0.1) is 12.7 Å². The number of benzene rings is 1. The van der Waals surface area contributed by atoms with Crippen molar-refractivity contribution in [1.82, 2.24) is 0 Å². The lowest BCUT2D eigenvalue weighted by molar-refractivity contribution is -0.274. The van der Waals surface area contributed by atoms with Gasteiger partial charge in [0.15, 0.2) is 0 Å². The standard InChI is InChI=1S/C9H7F3O3S/c1-14-8(13)6-3-2-5(4-7(6)16)15-9(10,11)12/h2-4,16H,1H3. The quantitative estimate of drug-likeness (QED) is 0.649. The van der Waals surface area contributed by atoms with Crippen LogP contribution in [0.3, 0.4) is 0 Å². The maximum Gasteiger partial charge on any atom is 0.573 e. The van der Waals surface area contributed by atoms with Crippen LogP contribution in [0, 0.1) is 0 Å². The zero-order valence-corrected chi connectivity index (χ0v) is 8.93. The first-order valence-corrected chi connectivity index (χ1v) is 4.45. The normalized spacial score (nSPS) is 11.1. The van der Waals surface area contributed by atoms with Crippen LogP contribution in [0.1, 0.15) is 10.4 Å². The van der Waals surface area contributed by atoms with E-state index in [0.717, 1.165) is 25.3 Å². The van der Waals surface area contributed by atoms with Crippen molar-refractivity contribution in [2.75, 3.05) is 7.11 Å². The molecule has 0 fully saturated rings. The molecular formula is C9H7F3O3S. The monoisotopic (exact) mass is 252 g/mol. The Hall–Kier alpha value is -1.37. The van der Waals surface area contributed by atoms with E-state index in [4.69, 9.17) is 0 Å². The minimum absolute atomic E-state index is 0.0496. The Bertz CT molecular complexity index is 403. The van der Waals surface area contributed by atoms with Crippen molar-refractivity contribution in [3.05, 3.63) is 23.8 Å². The summed E-state index contributed by atoms with van der Waals surface area (Å²) in [5, 5.41) is 0. The molecule has 0 aliphatic rings. The third kappa shape index (κ3) is 3.34. The predicted molar refractivity (Wildman–Crippen MR) is 51.7 cm³/mol. The summed E-state index contributed by atoms with van der Waals surface area (Å²) in [5.41, 5.74) is 0.0698. The molecule has 1 aromatic carbocycles. The first kappa shape index (κ1) is 12.7. The van der Waals surface area contributed by atoms with Gasteiger partial charge in [0.2, 0.25) is 0 Å². The molecule has 88 valence electrons. The molecule has 0 unspecified atom stereocenters. The van der Waals surface area contributed by atoms with Crippen molar-refractivity contribution in [3.8, 4) is 5.75 Å². The van der Waals surface area contributed by atoms with E-state index in [-0.39, 0.29) is 10.5 Å². The minimum atomic E-state index is -4.77. The number of esters is 1. The maximum atomic E-state index is 11.9. The molecule has 0 heterocycles. The summed E-state index contributed by atoms with van der Waals surface area (Å²) in [6.07, 6.45) is -4.77. The van der Waals surface area contributed by atoms with Crippen molar-refractivity contribution in [3.63, 3.8) is 0 Å². The number of rotatable bonds is 2. The van der Waals surface area contributed by atoms with Gasteiger partial charge in [0.25, 0.3) is 0 Å². The van der Waals surface area contributed by atoms with Gasteiger partial charge in [-0.25, -0.2) is 4.79 Å². The minimum Gasteiger partial charge on any atom is -0.465 e. The number of ether oxygens (including phenoxy) is 2. The van der Waals surface area contributed by atoms with Crippen molar-refractivity contribution in [1.29, 1.82) is 0 Å². The van der Waals surface area contributed by atoms with E-state index in [1.54, 1.807) is 0 Å². The highest BCUT2D eigenvalue weighted by Crippen LogP contribution is 2.26. The Morgan fingerprint density at radius 1 is 1.38 bits per heavy atom. The zero-order chi connectivity index (χ0) is 12.3. The number of methoxy groups -OCH3 is 1. The van der Waals surface area contributed by atoms with E-state index < -0.39 is 18.1 Å². The Morgan fingerprint density at radius 3 is 2.44 bits per heavy atom. The van der Waals surface area contributed by atoms with E-state index in [0.29, 0.717) is 0 Å². The molecule has 7 heteroatoms. The Labute approximate surface area is 94.6 Å². The molecule has 0 saturated heterocycles. The summed E-state index contributed by atoms with van der Waals surface area (Å²) in [4.78, 5) is 11.1. The second-order valence-electron chi connectivity index (χ2n) is 2.72. The van der Waals surface area contributed by atoms with E-state index >= 15 is 0 Å². The summed E-state index contributed by atoms with van der Waals surface area (Å²) in [5.74, 6) is -1.12. The highest BCUT2D eigenvalue weighted by atomic mass is 32.1. The van der Waals surface area contributed by atoms with Crippen LogP contribution in [0.5, 0.6) is 5.75 Å². The van der Waals surface area contributed by atoms with E-state index in [2.05, 4.69) is 22.1 Å². The third-order valence-electron chi connectivity index (χ3n) is 1.61. The van der Waals surface area contributed by atoms with Crippen LogP contribution in [-0.2, 0) is 4.74 Å². The van der Waals surface area contributed by atoms with Crippen molar-refractivity contribution < 1.29 is 27.4 Å². The molecule has 1 aromatic rings. The lowest BCUT2D eigenvalue weighted by Gasteiger charge is -2.10. The maximum absolute atomic E-state index is 11.9. The Morgan fingerprint density at radius 2 is 2.00 bits per heavy atom. The molecule has 0 radical (unpaired) electrons. The number of alkyl halides is 3. The molecule has 0 spiro atoms. The van der Waals surface area contributed by atoms with Crippen LogP contribution in [0.15, 0.2) is 23.1 Å². The van der Waals surface area contributed by atoms with Crippen molar-refractivity contribution in [2.24, 2.45) is 0 Å². The third-order valence-corrected chi connectivity index (χ3v) is 1.98. The lowest BCUT2D eigenvalue weighted by atomic mass is 10.2. The van der Waals surface area contributed by atoms with Gasteiger partial charge in [0, 0.05) is 4.90 Å². The second kappa shape index (κ2) is 4.65. The van der Waals surface area contributed by atoms with Gasteiger partial charge in [-0.3, -0.25) is 0 Å². The number of carbonyl (C=O) groups is 1. The van der Waals surface area contributed by atoms with E-state index in [1.165, 1.54) is 0 Å². The Kier molecular flexibility index (Phi) is 3.69. The largest absolute Gasteiger partial charge is 0.573 e. The molecule has 1 rings (SSSR count). The van der Waals surface area contributed by atoms with Gasteiger partial charge in [-0.15, -0.1) is 25.8 Å². The van der Waals surface area contributed by atoms with Crippen LogP contribution < -0.4 is 4.74 Å². The van der Waals surface area contributed by atoms with Crippen molar-refractivity contribution in [2.45, 2.75) is 11.3 Å². The molecule has 0 aliphatic carbocycles. The zero-order valence-electron chi connectivity index (χ0n) is 8.04. The second-order valence-corrected chi connectivity index (χ2v) is 3.20. The van der Waals surface area contributed by atoms with Crippen LogP contribution in [0.25, 0.3) is 0 Å². The molecule has 0 aromatic heterocycles. The van der Waals surface area contributed by atoms with Gasteiger partial charge in [-0.2, -0.15) is 0 Å². The van der Waals surface area contributed by atoms with E-state index in [9.17, 15) is 18.0 Å². The molecule has 0 amide bonds. The molecular weight excluding hydrogens is 245 g/mol. The number of hydrogen-bond donors (Lipinski definition) is 1. The van der Waals surface area contributed by atoms with Crippen LogP contribution in [0.2, 0.25) is 0 Å². The lowest BCUT2D eigenvalue weighted by Crippen LogP contribution is -2.17. The molecule has 16 heavy (non-hydrogen) atoms. The summed E-state index contributed by atoms with van der Waals surface area (Å²) in [6, 6.07) is 3.15. The van der Waals surface area contributed by atoms with Gasteiger partial charge in [-0.05, 0) is 18.2 Å². The molecule has 0 saturated carbocycles. The van der Waals surface area contributed by atoms with Gasteiger partial charge < -0.3 is 9.47 Å². The fourth-order valence-corrected chi connectivity index (χ4v) is 1.28.